The number of ether oxygens (including phenoxy) is 2. The monoisotopic (exact) mass is 440 g/mol. The summed E-state index contributed by atoms with van der Waals surface area (Å²) in [6, 6.07) is 0. The maximum Gasteiger partial charge on any atom is 0.507 e. The van der Waals surface area contributed by atoms with Crippen LogP contribution >= 0.6 is 7.82 Å². The Morgan fingerprint density at radius 3 is 2.10 bits per heavy atom. The van der Waals surface area contributed by atoms with Crippen LogP contribution in [0.15, 0.2) is 0 Å². The molecule has 1 N–H and O–H groups in total. The molecule has 0 aliphatic rings. The lowest BCUT2D eigenvalue weighted by molar-refractivity contribution is -0.870. The van der Waals surface area contributed by atoms with Crippen LogP contribution < -0.4 is 0 Å². The summed E-state index contributed by atoms with van der Waals surface area (Å²) in [7, 11) is 3.02. The molecule has 0 saturated carbocycles. The third-order valence-electron chi connectivity index (χ3n) is 4.56. The number of hydrogen-bond donors (Lipinski definition) is 1. The van der Waals surface area contributed by atoms with Gasteiger partial charge in [-0.05, 0) is 6.42 Å². The predicted molar refractivity (Wildman–Crippen MR) is 114 cm³/mol. The normalized spacial score (nSPS) is 15.0. The molecule has 174 valence electrons. The fourth-order valence-corrected chi connectivity index (χ4v) is 3.48. The topological polar surface area (TPSA) is 91.3 Å². The van der Waals surface area contributed by atoms with Gasteiger partial charge < -0.3 is 18.9 Å². The molecule has 0 fully saturated rings. The minimum absolute atomic E-state index is 0.00829. The molecule has 2 atom stereocenters. The summed E-state index contributed by atoms with van der Waals surface area (Å²) in [5.74, 6) is -0.184. The molecule has 8 nitrogen and oxygen atoms in total. The van der Waals surface area contributed by atoms with Crippen LogP contribution in [0.4, 0.5) is 4.79 Å². The third kappa shape index (κ3) is 19.1. The lowest BCUT2D eigenvalue weighted by atomic mass is 10.0. The van der Waals surface area contributed by atoms with E-state index in [1.165, 1.54) is 45.6 Å². The fraction of sp³-hybridized carbons (Fsp3) is 0.950. The summed E-state index contributed by atoms with van der Waals surface area (Å²) in [5, 5.41) is 0. The molecule has 0 aromatic heterocycles. The predicted octanol–water partition coefficient (Wildman–Crippen LogP) is 4.76. The van der Waals surface area contributed by atoms with E-state index in [-0.39, 0.29) is 25.7 Å². The smallest absolute Gasteiger partial charge is 0.438 e. The van der Waals surface area contributed by atoms with Crippen LogP contribution in [0.5, 0.6) is 0 Å². The van der Waals surface area contributed by atoms with E-state index in [1.807, 2.05) is 21.1 Å². The highest BCUT2D eigenvalue weighted by Crippen LogP contribution is 2.43. The average Bonchev–Trinajstić information content (AvgIpc) is 2.63. The first-order valence-electron chi connectivity index (χ1n) is 10.7. The van der Waals surface area contributed by atoms with Crippen LogP contribution in [0.1, 0.15) is 64.7 Å². The van der Waals surface area contributed by atoms with Gasteiger partial charge in [0.2, 0.25) is 0 Å². The van der Waals surface area contributed by atoms with Crippen molar-refractivity contribution in [3.63, 3.8) is 0 Å². The van der Waals surface area contributed by atoms with Crippen LogP contribution in [-0.2, 0) is 23.1 Å². The second kappa shape index (κ2) is 16.1. The second-order valence-corrected chi connectivity index (χ2v) is 9.96. The van der Waals surface area contributed by atoms with E-state index in [0.29, 0.717) is 11.0 Å². The van der Waals surface area contributed by atoms with Crippen LogP contribution in [0, 0.1) is 5.92 Å². The van der Waals surface area contributed by atoms with Crippen molar-refractivity contribution < 1.29 is 37.3 Å². The molecule has 0 aromatic rings. The van der Waals surface area contributed by atoms with Crippen LogP contribution in [0.25, 0.3) is 0 Å². The highest BCUT2D eigenvalue weighted by molar-refractivity contribution is 7.47. The van der Waals surface area contributed by atoms with Gasteiger partial charge in [0.05, 0.1) is 41.5 Å². The summed E-state index contributed by atoms with van der Waals surface area (Å²) >= 11 is 0. The first kappa shape index (κ1) is 28.3. The summed E-state index contributed by atoms with van der Waals surface area (Å²) in [6.45, 7) is 2.99. The SMILES string of the molecule is CCCCCCCCCCC(COC(=O)OC)COP(=O)(O)OCC[N+](C)(C)C. The number of phosphoric ester groups is 1. The second-order valence-electron chi connectivity index (χ2n) is 8.51. The lowest BCUT2D eigenvalue weighted by Crippen LogP contribution is -2.37. The Labute approximate surface area is 177 Å². The number of rotatable bonds is 18. The molecule has 0 bridgehead atoms. The van der Waals surface area contributed by atoms with Crippen molar-refractivity contribution in [1.29, 1.82) is 0 Å². The van der Waals surface area contributed by atoms with Gasteiger partial charge in [-0.3, -0.25) is 9.05 Å². The summed E-state index contributed by atoms with van der Waals surface area (Å²) < 4.78 is 32.4. The van der Waals surface area contributed by atoms with Crippen molar-refractivity contribution in [3.05, 3.63) is 0 Å². The minimum Gasteiger partial charge on any atom is -0.438 e. The number of hydrogen-bond acceptors (Lipinski definition) is 6. The molecule has 0 aliphatic carbocycles. The van der Waals surface area contributed by atoms with E-state index in [0.717, 1.165) is 19.3 Å². The van der Waals surface area contributed by atoms with Gasteiger partial charge in [0.25, 0.3) is 0 Å². The number of unbranched alkanes of at least 4 members (excludes halogenated alkanes) is 7. The number of nitrogens with zero attached hydrogens (tertiary/aromatic N) is 1. The number of carbonyl (C=O) groups excluding carboxylic acids is 1. The number of quaternary nitrogens is 1. The van der Waals surface area contributed by atoms with Gasteiger partial charge in [-0.25, -0.2) is 9.36 Å². The molecule has 0 heterocycles. The Balaban J connectivity index is 4.27. The van der Waals surface area contributed by atoms with E-state index in [2.05, 4.69) is 11.7 Å². The van der Waals surface area contributed by atoms with E-state index in [4.69, 9.17) is 13.8 Å². The van der Waals surface area contributed by atoms with E-state index < -0.39 is 14.0 Å². The Hall–Kier alpha value is -0.660. The molecule has 0 amide bonds. The van der Waals surface area contributed by atoms with E-state index in [9.17, 15) is 14.3 Å². The van der Waals surface area contributed by atoms with Crippen LogP contribution in [0.3, 0.4) is 0 Å². The zero-order chi connectivity index (χ0) is 22.2. The Morgan fingerprint density at radius 1 is 0.966 bits per heavy atom. The number of phosphoric acid groups is 1. The molecule has 0 aromatic carbocycles. The van der Waals surface area contributed by atoms with Crippen molar-refractivity contribution in [2.24, 2.45) is 5.92 Å². The Kier molecular flexibility index (Phi) is 15.7. The van der Waals surface area contributed by atoms with E-state index >= 15 is 0 Å². The van der Waals surface area contributed by atoms with Gasteiger partial charge in [0, 0.05) is 5.92 Å². The molecule has 2 unspecified atom stereocenters. The zero-order valence-corrected chi connectivity index (χ0v) is 20.0. The number of carbonyl (C=O) groups is 1. The maximum atomic E-state index is 12.1. The molecule has 0 aliphatic heterocycles. The first-order chi connectivity index (χ1) is 13.6. The molecular weight excluding hydrogens is 397 g/mol. The zero-order valence-electron chi connectivity index (χ0n) is 19.1. The first-order valence-corrected chi connectivity index (χ1v) is 12.2. The van der Waals surface area contributed by atoms with Gasteiger partial charge in [0.1, 0.15) is 13.2 Å². The third-order valence-corrected chi connectivity index (χ3v) is 5.54. The highest BCUT2D eigenvalue weighted by Gasteiger charge is 2.25. The highest BCUT2D eigenvalue weighted by atomic mass is 31.2. The van der Waals surface area contributed by atoms with Gasteiger partial charge in [0.15, 0.2) is 0 Å². The van der Waals surface area contributed by atoms with Crippen LogP contribution in [-0.4, -0.2) is 70.2 Å². The Morgan fingerprint density at radius 2 is 1.55 bits per heavy atom. The van der Waals surface area contributed by atoms with E-state index in [1.54, 1.807) is 0 Å². The average molecular weight is 441 g/mol. The molecule has 0 radical (unpaired) electrons. The summed E-state index contributed by atoms with van der Waals surface area (Å²) in [5.41, 5.74) is 0. The molecule has 0 rings (SSSR count). The van der Waals surface area contributed by atoms with Gasteiger partial charge in [-0.2, -0.15) is 0 Å². The van der Waals surface area contributed by atoms with Crippen LogP contribution in [0.2, 0.25) is 0 Å². The molecule has 0 saturated heterocycles. The van der Waals surface area contributed by atoms with Crippen molar-refractivity contribution in [1.82, 2.24) is 0 Å². The standard InChI is InChI=1S/C20H42NO7P/c1-6-7-8-9-10-11-12-13-14-19(17-26-20(22)25-5)18-28-29(23,24)27-16-15-21(2,3)4/h19H,6-18H2,1-5H3/p+1. The van der Waals surface area contributed by atoms with Gasteiger partial charge >= 0.3 is 14.0 Å². The number of methoxy groups -OCH3 is 1. The van der Waals surface area contributed by atoms with Crippen molar-refractivity contribution in [3.8, 4) is 0 Å². The summed E-state index contributed by atoms with van der Waals surface area (Å²) in [6.07, 6.45) is 9.50. The molecular formula is C20H43NO7P+. The van der Waals surface area contributed by atoms with Gasteiger partial charge in [-0.1, -0.05) is 58.3 Å². The fourth-order valence-electron chi connectivity index (χ4n) is 2.69. The summed E-state index contributed by atoms with van der Waals surface area (Å²) in [4.78, 5) is 21.1. The largest absolute Gasteiger partial charge is 0.507 e. The van der Waals surface area contributed by atoms with Crippen molar-refractivity contribution in [2.75, 3.05) is 54.6 Å². The number of likely N-dealkylation sites (N-methyl/N-ethyl adjacent to an activating group) is 1. The van der Waals surface area contributed by atoms with Crippen molar-refractivity contribution in [2.45, 2.75) is 64.7 Å². The molecule has 29 heavy (non-hydrogen) atoms. The van der Waals surface area contributed by atoms with Gasteiger partial charge in [-0.15, -0.1) is 0 Å². The molecule has 9 heteroatoms. The molecule has 0 spiro atoms. The van der Waals surface area contributed by atoms with Crippen molar-refractivity contribution >= 4 is 14.0 Å². The lowest BCUT2D eigenvalue weighted by Gasteiger charge is -2.24. The quantitative estimate of drug-likeness (QED) is 0.142. The maximum absolute atomic E-state index is 12.1. The Bertz CT molecular complexity index is 468. The minimum atomic E-state index is -4.13.